The molecule has 0 spiro atoms. The first-order valence-corrected chi connectivity index (χ1v) is 11.4. The van der Waals surface area contributed by atoms with Crippen LogP contribution in [0.25, 0.3) is 0 Å². The number of aliphatic imine (C=N–C) groups is 1. The lowest BCUT2D eigenvalue weighted by Gasteiger charge is -2.36. The number of nitrogens with one attached hydrogen (secondary N) is 2. The topological polar surface area (TPSA) is 79.6 Å². The van der Waals surface area contributed by atoms with Gasteiger partial charge in [0, 0.05) is 44.0 Å². The van der Waals surface area contributed by atoms with Crippen LogP contribution in [0.4, 0.5) is 0 Å². The van der Waals surface area contributed by atoms with Gasteiger partial charge < -0.3 is 19.9 Å². The molecule has 0 amide bonds. The summed E-state index contributed by atoms with van der Waals surface area (Å²) in [5, 5.41) is 17.1. The lowest BCUT2D eigenvalue weighted by atomic mass is 10.1. The first kappa shape index (κ1) is 25.0. The van der Waals surface area contributed by atoms with Crippen LogP contribution < -0.4 is 10.6 Å². The Labute approximate surface area is 200 Å². The van der Waals surface area contributed by atoms with E-state index in [1.807, 2.05) is 0 Å². The van der Waals surface area contributed by atoms with Crippen molar-refractivity contribution in [1.82, 2.24) is 30.3 Å². The van der Waals surface area contributed by atoms with E-state index in [0.717, 1.165) is 64.1 Å². The highest BCUT2D eigenvalue weighted by atomic mass is 127. The number of guanidine groups is 1. The van der Waals surface area contributed by atoms with Crippen molar-refractivity contribution in [3.63, 3.8) is 0 Å². The molecular weight excluding hydrogens is 513 g/mol. The molecule has 1 fully saturated rings. The molecule has 0 saturated carbocycles. The molecule has 1 saturated heterocycles. The number of halogens is 1. The molecule has 30 heavy (non-hydrogen) atoms. The number of aromatic nitrogens is 3. The van der Waals surface area contributed by atoms with Crippen LogP contribution in [0.5, 0.6) is 0 Å². The minimum atomic E-state index is 0. The fourth-order valence-electron chi connectivity index (χ4n) is 3.55. The number of ether oxygens (including phenoxy) is 1. The summed E-state index contributed by atoms with van der Waals surface area (Å²) in [4.78, 5) is 8.76. The zero-order chi connectivity index (χ0) is 20.5. The maximum Gasteiger partial charge on any atom is 0.191 e. The van der Waals surface area contributed by atoms with E-state index in [2.05, 4.69) is 68.6 Å². The predicted octanol–water partition coefficient (Wildman–Crippen LogP) is 2.54. The van der Waals surface area contributed by atoms with Gasteiger partial charge in [-0.25, -0.2) is 0 Å². The summed E-state index contributed by atoms with van der Waals surface area (Å²) >= 11 is 1.80. The molecule has 2 atom stereocenters. The molecule has 10 heteroatoms. The van der Waals surface area contributed by atoms with Crippen molar-refractivity contribution in [3.05, 3.63) is 34.5 Å². The Kier molecular flexibility index (Phi) is 11.0. The third kappa shape index (κ3) is 7.17. The molecule has 2 N–H and O–H groups in total. The molecule has 168 valence electrons. The van der Waals surface area contributed by atoms with Gasteiger partial charge >= 0.3 is 0 Å². The lowest BCUT2D eigenvalue weighted by molar-refractivity contribution is -0.0327. The van der Waals surface area contributed by atoms with Crippen LogP contribution in [0.2, 0.25) is 0 Å². The highest BCUT2D eigenvalue weighted by Gasteiger charge is 2.26. The van der Waals surface area contributed by atoms with E-state index >= 15 is 0 Å². The van der Waals surface area contributed by atoms with E-state index in [1.54, 1.807) is 17.7 Å². The van der Waals surface area contributed by atoms with Crippen LogP contribution in [0.1, 0.15) is 37.5 Å². The molecule has 8 nitrogen and oxygen atoms in total. The van der Waals surface area contributed by atoms with Gasteiger partial charge in [0.15, 0.2) is 5.96 Å². The van der Waals surface area contributed by atoms with E-state index < -0.39 is 0 Å². The zero-order valence-corrected chi connectivity index (χ0v) is 21.2. The maximum absolute atomic E-state index is 5.74. The molecule has 0 aliphatic carbocycles. The fraction of sp³-hybridized carbons (Fsp3) is 0.650. The van der Waals surface area contributed by atoms with Gasteiger partial charge in [-0.15, -0.1) is 45.5 Å². The second kappa shape index (κ2) is 13.2. The summed E-state index contributed by atoms with van der Waals surface area (Å²) < 4.78 is 7.82. The van der Waals surface area contributed by atoms with Crippen LogP contribution in [0.3, 0.4) is 0 Å². The van der Waals surface area contributed by atoms with E-state index in [4.69, 9.17) is 9.73 Å². The SMILES string of the molecule is CCNC(=NCC(c1cccs1)N1CCOC(C)C1)NCCn1cnnc1CC.I. The van der Waals surface area contributed by atoms with Gasteiger partial charge in [0.2, 0.25) is 0 Å². The standard InChI is InChI=1S/C20H33N7OS.HI/c1-4-19-25-24-15-27(19)9-8-22-20(21-5-2)23-13-17(18-7-6-12-29-18)26-10-11-28-16(3)14-26;/h6-7,12,15-17H,4-5,8-11,13-14H2,1-3H3,(H2,21,22,23);1H. The van der Waals surface area contributed by atoms with Crippen LogP contribution in [0, 0.1) is 0 Å². The summed E-state index contributed by atoms with van der Waals surface area (Å²) in [6.45, 7) is 12.1. The molecule has 3 heterocycles. The van der Waals surface area contributed by atoms with Crippen LogP contribution >= 0.6 is 35.3 Å². The zero-order valence-electron chi connectivity index (χ0n) is 18.1. The normalized spacial score (nSPS) is 18.6. The average Bonchev–Trinajstić information content (AvgIpc) is 3.40. The summed E-state index contributed by atoms with van der Waals surface area (Å²) in [7, 11) is 0. The van der Waals surface area contributed by atoms with Crippen LogP contribution in [0.15, 0.2) is 28.8 Å². The van der Waals surface area contributed by atoms with E-state index in [-0.39, 0.29) is 36.1 Å². The Morgan fingerprint density at radius 2 is 2.27 bits per heavy atom. The maximum atomic E-state index is 5.74. The van der Waals surface area contributed by atoms with Gasteiger partial charge in [0.05, 0.1) is 25.3 Å². The molecule has 0 radical (unpaired) electrons. The van der Waals surface area contributed by atoms with E-state index in [9.17, 15) is 0 Å². The van der Waals surface area contributed by atoms with Gasteiger partial charge in [0.1, 0.15) is 12.2 Å². The molecular formula is C20H34IN7OS. The summed E-state index contributed by atoms with van der Waals surface area (Å²) in [5.41, 5.74) is 0. The number of aryl methyl sites for hydroxylation is 1. The van der Waals surface area contributed by atoms with E-state index in [1.165, 1.54) is 4.88 Å². The van der Waals surface area contributed by atoms with E-state index in [0.29, 0.717) is 0 Å². The molecule has 3 rings (SSSR count). The molecule has 0 aromatic carbocycles. The van der Waals surface area contributed by atoms with Crippen molar-refractivity contribution in [2.45, 2.75) is 45.9 Å². The predicted molar refractivity (Wildman–Crippen MR) is 133 cm³/mol. The van der Waals surface area contributed by atoms with Crippen LogP contribution in [-0.4, -0.2) is 71.1 Å². The number of rotatable bonds is 9. The minimum absolute atomic E-state index is 0. The Morgan fingerprint density at radius 1 is 1.40 bits per heavy atom. The first-order chi connectivity index (χ1) is 14.2. The molecule has 2 unspecified atom stereocenters. The summed E-state index contributed by atoms with van der Waals surface area (Å²) in [6.07, 6.45) is 2.93. The van der Waals surface area contributed by atoms with Crippen molar-refractivity contribution >= 4 is 41.3 Å². The number of morpholine rings is 1. The highest BCUT2D eigenvalue weighted by molar-refractivity contribution is 14.0. The molecule has 2 aromatic rings. The summed E-state index contributed by atoms with van der Waals surface area (Å²) in [5.74, 6) is 1.86. The molecule has 2 aromatic heterocycles. The van der Waals surface area contributed by atoms with Gasteiger partial charge in [-0.1, -0.05) is 13.0 Å². The van der Waals surface area contributed by atoms with Crippen molar-refractivity contribution in [2.24, 2.45) is 4.99 Å². The van der Waals surface area contributed by atoms with Crippen LogP contribution in [-0.2, 0) is 17.7 Å². The lowest BCUT2D eigenvalue weighted by Crippen LogP contribution is -2.44. The van der Waals surface area contributed by atoms with Gasteiger partial charge in [-0.3, -0.25) is 9.89 Å². The number of hydrogen-bond acceptors (Lipinski definition) is 6. The number of hydrogen-bond donors (Lipinski definition) is 2. The van der Waals surface area contributed by atoms with Crippen molar-refractivity contribution in [3.8, 4) is 0 Å². The Balaban J connectivity index is 0.00000320. The Hall–Kier alpha value is -1.24. The third-order valence-electron chi connectivity index (χ3n) is 5.01. The number of thiophene rings is 1. The van der Waals surface area contributed by atoms with Crippen molar-refractivity contribution in [2.75, 3.05) is 39.3 Å². The minimum Gasteiger partial charge on any atom is -0.376 e. The fourth-order valence-corrected chi connectivity index (χ4v) is 4.40. The number of nitrogens with zero attached hydrogens (tertiary/aromatic N) is 5. The first-order valence-electron chi connectivity index (χ1n) is 10.5. The Morgan fingerprint density at radius 3 is 2.97 bits per heavy atom. The van der Waals surface area contributed by atoms with Crippen molar-refractivity contribution < 1.29 is 4.74 Å². The molecule has 1 aliphatic heterocycles. The Bertz CT molecular complexity index is 752. The second-order valence-electron chi connectivity index (χ2n) is 7.15. The molecule has 1 aliphatic rings. The second-order valence-corrected chi connectivity index (χ2v) is 8.13. The quantitative estimate of drug-likeness (QED) is 0.286. The van der Waals surface area contributed by atoms with Gasteiger partial charge in [-0.05, 0) is 25.3 Å². The van der Waals surface area contributed by atoms with Crippen molar-refractivity contribution in [1.29, 1.82) is 0 Å². The smallest absolute Gasteiger partial charge is 0.191 e. The monoisotopic (exact) mass is 547 g/mol. The average molecular weight is 548 g/mol. The largest absolute Gasteiger partial charge is 0.376 e. The van der Waals surface area contributed by atoms with Gasteiger partial charge in [-0.2, -0.15) is 0 Å². The van der Waals surface area contributed by atoms with Gasteiger partial charge in [0.25, 0.3) is 0 Å². The molecule has 0 bridgehead atoms. The summed E-state index contributed by atoms with van der Waals surface area (Å²) in [6, 6.07) is 4.61. The highest BCUT2D eigenvalue weighted by Crippen LogP contribution is 2.27. The third-order valence-corrected chi connectivity index (χ3v) is 5.98.